The summed E-state index contributed by atoms with van der Waals surface area (Å²) in [6.45, 7) is 4.08. The van der Waals surface area contributed by atoms with Gasteiger partial charge in [-0.2, -0.15) is 0 Å². The van der Waals surface area contributed by atoms with Crippen LogP contribution in [0.2, 0.25) is 5.02 Å². The van der Waals surface area contributed by atoms with Gasteiger partial charge in [-0.1, -0.05) is 41.9 Å². The minimum absolute atomic E-state index is 0.0176. The number of piperidine rings is 1. The van der Waals surface area contributed by atoms with Crippen molar-refractivity contribution in [1.82, 2.24) is 4.90 Å². The molecule has 1 aliphatic heterocycles. The average molecular weight is 371 g/mol. The molecule has 2 N–H and O–H groups in total. The lowest BCUT2D eigenvalue weighted by atomic mass is 9.84. The van der Waals surface area contributed by atoms with Crippen molar-refractivity contribution in [1.29, 1.82) is 0 Å². The summed E-state index contributed by atoms with van der Waals surface area (Å²) >= 11 is 6.33. The molecule has 1 saturated heterocycles. The van der Waals surface area contributed by atoms with Crippen LogP contribution in [-0.2, 0) is 6.42 Å². The molecular formula is C22H27ClN2O. The van der Waals surface area contributed by atoms with Crippen LogP contribution in [0.1, 0.15) is 42.1 Å². The molecule has 3 nitrogen and oxygen atoms in total. The van der Waals surface area contributed by atoms with E-state index < -0.39 is 0 Å². The van der Waals surface area contributed by atoms with Crippen LogP contribution in [0.5, 0.6) is 5.75 Å². The van der Waals surface area contributed by atoms with Gasteiger partial charge in [0.2, 0.25) is 0 Å². The van der Waals surface area contributed by atoms with E-state index in [2.05, 4.69) is 29.2 Å². The van der Waals surface area contributed by atoms with E-state index in [0.717, 1.165) is 48.7 Å². The summed E-state index contributed by atoms with van der Waals surface area (Å²) in [5.74, 6) is 0.841. The topological polar surface area (TPSA) is 38.5 Å². The Morgan fingerprint density at radius 1 is 1.15 bits per heavy atom. The number of hydrogen-bond acceptors (Lipinski definition) is 3. The van der Waals surface area contributed by atoms with Crippen LogP contribution in [0.15, 0.2) is 42.5 Å². The van der Waals surface area contributed by atoms with Gasteiger partial charge in [-0.05, 0) is 68.0 Å². The van der Waals surface area contributed by atoms with E-state index in [0.29, 0.717) is 6.04 Å². The first kappa shape index (κ1) is 17.8. The minimum Gasteiger partial charge on any atom is -0.484 e. The Morgan fingerprint density at radius 2 is 2.00 bits per heavy atom. The third-order valence-electron chi connectivity index (χ3n) is 5.79. The Bertz CT molecular complexity index is 778. The van der Waals surface area contributed by atoms with Crippen molar-refractivity contribution in [2.24, 2.45) is 5.73 Å². The zero-order valence-corrected chi connectivity index (χ0v) is 16.1. The summed E-state index contributed by atoms with van der Waals surface area (Å²) in [6.07, 6.45) is 4.51. The molecule has 2 unspecified atom stereocenters. The van der Waals surface area contributed by atoms with Crippen LogP contribution in [0.4, 0.5) is 0 Å². The van der Waals surface area contributed by atoms with Crippen LogP contribution in [0.3, 0.4) is 0 Å². The van der Waals surface area contributed by atoms with Gasteiger partial charge in [0.15, 0.2) is 0 Å². The summed E-state index contributed by atoms with van der Waals surface area (Å²) < 4.78 is 6.55. The number of likely N-dealkylation sites (tertiary alicyclic amines) is 1. The first-order chi connectivity index (χ1) is 12.6. The first-order valence-corrected chi connectivity index (χ1v) is 10.00. The van der Waals surface area contributed by atoms with Crippen molar-refractivity contribution in [3.05, 3.63) is 64.2 Å². The Kier molecular flexibility index (Phi) is 5.21. The predicted molar refractivity (Wildman–Crippen MR) is 107 cm³/mol. The number of ether oxygens (including phenoxy) is 1. The van der Waals surface area contributed by atoms with Crippen molar-refractivity contribution >= 4 is 11.6 Å². The van der Waals surface area contributed by atoms with E-state index >= 15 is 0 Å². The molecule has 138 valence electrons. The number of fused-ring (bicyclic) bond motifs is 1. The van der Waals surface area contributed by atoms with Crippen LogP contribution in [0, 0.1) is 6.92 Å². The molecule has 2 aromatic rings. The van der Waals surface area contributed by atoms with E-state index in [9.17, 15) is 0 Å². The van der Waals surface area contributed by atoms with Gasteiger partial charge in [0.05, 0.1) is 6.04 Å². The van der Waals surface area contributed by atoms with E-state index in [1.807, 2.05) is 25.1 Å². The molecule has 4 rings (SSSR count). The molecule has 2 aromatic carbocycles. The van der Waals surface area contributed by atoms with Crippen molar-refractivity contribution in [2.45, 2.75) is 50.8 Å². The summed E-state index contributed by atoms with van der Waals surface area (Å²) in [7, 11) is 0. The fourth-order valence-electron chi connectivity index (χ4n) is 4.35. The third kappa shape index (κ3) is 3.62. The van der Waals surface area contributed by atoms with Crippen molar-refractivity contribution < 1.29 is 4.74 Å². The average Bonchev–Trinajstić information content (AvgIpc) is 2.65. The largest absolute Gasteiger partial charge is 0.484 e. The molecule has 0 radical (unpaired) electrons. The Hall–Kier alpha value is -1.55. The van der Waals surface area contributed by atoms with E-state index in [4.69, 9.17) is 22.1 Å². The Balaban J connectivity index is 1.66. The van der Waals surface area contributed by atoms with Gasteiger partial charge in [-0.15, -0.1) is 0 Å². The molecule has 1 fully saturated rings. The predicted octanol–water partition coefficient (Wildman–Crippen LogP) is 4.51. The van der Waals surface area contributed by atoms with Gasteiger partial charge in [0.25, 0.3) is 0 Å². The van der Waals surface area contributed by atoms with Gasteiger partial charge in [-0.3, -0.25) is 4.90 Å². The molecule has 1 heterocycles. The normalized spacial score (nSPS) is 26.3. The second-order valence-electron chi connectivity index (χ2n) is 7.65. The molecule has 4 heteroatoms. The quantitative estimate of drug-likeness (QED) is 0.864. The molecular weight excluding hydrogens is 344 g/mol. The van der Waals surface area contributed by atoms with E-state index in [1.165, 1.54) is 17.5 Å². The third-order valence-corrected chi connectivity index (χ3v) is 6.19. The molecule has 0 amide bonds. The number of hydrogen-bond donors (Lipinski definition) is 1. The van der Waals surface area contributed by atoms with Crippen molar-refractivity contribution in [2.75, 3.05) is 13.1 Å². The second kappa shape index (κ2) is 7.59. The molecule has 0 bridgehead atoms. The van der Waals surface area contributed by atoms with Crippen LogP contribution in [-0.4, -0.2) is 30.1 Å². The highest BCUT2D eigenvalue weighted by atomic mass is 35.5. The SMILES string of the molecule is Cc1ccc(OC2c3ccccc3CCC2N2CCC[C@H](N)C2)cc1Cl. The van der Waals surface area contributed by atoms with Crippen molar-refractivity contribution in [3.8, 4) is 5.75 Å². The maximum absolute atomic E-state index is 6.55. The molecule has 3 atom stereocenters. The summed E-state index contributed by atoms with van der Waals surface area (Å²) in [6, 6.07) is 15.3. The number of nitrogens with two attached hydrogens (primary N) is 1. The highest BCUT2D eigenvalue weighted by molar-refractivity contribution is 6.31. The molecule has 0 spiro atoms. The number of halogens is 1. The van der Waals surface area contributed by atoms with Gasteiger partial charge in [-0.25, -0.2) is 0 Å². The van der Waals surface area contributed by atoms with Gasteiger partial charge in [0, 0.05) is 17.6 Å². The molecule has 1 aliphatic carbocycles. The standard InChI is InChI=1S/C22H27ClN2O/c1-15-8-10-18(13-20(15)23)26-22-19-7-3-2-5-16(19)9-11-21(22)25-12-4-6-17(24)14-25/h2-3,5,7-8,10,13,17,21-22H,4,6,9,11-12,14,24H2,1H3/t17-,21?,22?/m0/s1. The maximum atomic E-state index is 6.55. The van der Waals surface area contributed by atoms with Crippen LogP contribution >= 0.6 is 11.6 Å². The van der Waals surface area contributed by atoms with Gasteiger partial charge in [0.1, 0.15) is 11.9 Å². The number of benzene rings is 2. The smallest absolute Gasteiger partial charge is 0.139 e. The van der Waals surface area contributed by atoms with Crippen molar-refractivity contribution in [3.63, 3.8) is 0 Å². The number of aryl methyl sites for hydroxylation is 2. The highest BCUT2D eigenvalue weighted by Gasteiger charge is 2.36. The van der Waals surface area contributed by atoms with Gasteiger partial charge >= 0.3 is 0 Å². The van der Waals surface area contributed by atoms with Crippen LogP contribution in [0.25, 0.3) is 0 Å². The minimum atomic E-state index is 0.0176. The zero-order valence-electron chi connectivity index (χ0n) is 15.3. The Morgan fingerprint density at radius 3 is 2.81 bits per heavy atom. The number of nitrogens with zero attached hydrogens (tertiary/aromatic N) is 1. The molecule has 2 aliphatic rings. The fraction of sp³-hybridized carbons (Fsp3) is 0.455. The monoisotopic (exact) mass is 370 g/mol. The number of rotatable bonds is 3. The lowest BCUT2D eigenvalue weighted by molar-refractivity contribution is 0.0367. The summed E-state index contributed by atoms with van der Waals surface area (Å²) in [5, 5.41) is 0.753. The maximum Gasteiger partial charge on any atom is 0.139 e. The van der Waals surface area contributed by atoms with E-state index in [1.54, 1.807) is 0 Å². The lowest BCUT2D eigenvalue weighted by Gasteiger charge is -2.43. The summed E-state index contributed by atoms with van der Waals surface area (Å²) in [5.41, 5.74) is 10.0. The van der Waals surface area contributed by atoms with Crippen LogP contribution < -0.4 is 10.5 Å². The highest BCUT2D eigenvalue weighted by Crippen LogP contribution is 2.38. The second-order valence-corrected chi connectivity index (χ2v) is 8.06. The van der Waals surface area contributed by atoms with Gasteiger partial charge < -0.3 is 10.5 Å². The summed E-state index contributed by atoms with van der Waals surface area (Å²) in [4.78, 5) is 2.55. The fourth-order valence-corrected chi connectivity index (χ4v) is 4.52. The lowest BCUT2D eigenvalue weighted by Crippen LogP contribution is -2.51. The first-order valence-electron chi connectivity index (χ1n) is 9.62. The molecule has 0 saturated carbocycles. The Labute approximate surface area is 161 Å². The molecule has 26 heavy (non-hydrogen) atoms. The van der Waals surface area contributed by atoms with E-state index in [-0.39, 0.29) is 12.1 Å². The molecule has 0 aromatic heterocycles. The zero-order chi connectivity index (χ0) is 18.1.